The van der Waals surface area contributed by atoms with E-state index in [1.807, 2.05) is 34.8 Å². The molecule has 0 aliphatic carbocycles. The highest BCUT2D eigenvalue weighted by Crippen LogP contribution is 2.25. The van der Waals surface area contributed by atoms with E-state index >= 15 is 0 Å². The Kier molecular flexibility index (Phi) is 3.38. The number of imidazole rings is 1. The third kappa shape index (κ3) is 2.62. The first kappa shape index (κ1) is 14.0. The average molecular weight is 289 g/mol. The summed E-state index contributed by atoms with van der Waals surface area (Å²) in [5, 5.41) is 28.4. The van der Waals surface area contributed by atoms with Gasteiger partial charge in [-0.15, -0.1) is 10.2 Å². The van der Waals surface area contributed by atoms with E-state index < -0.39 is 11.7 Å². The maximum atomic E-state index is 9.98. The minimum Gasteiger partial charge on any atom is -0.388 e. The van der Waals surface area contributed by atoms with E-state index in [9.17, 15) is 10.2 Å². The fourth-order valence-electron chi connectivity index (χ4n) is 2.46. The summed E-state index contributed by atoms with van der Waals surface area (Å²) in [7, 11) is 1.90. The van der Waals surface area contributed by atoms with E-state index in [1.54, 1.807) is 13.1 Å². The lowest BCUT2D eigenvalue weighted by Gasteiger charge is -2.40. The van der Waals surface area contributed by atoms with Crippen LogP contribution in [0.3, 0.4) is 0 Å². The fourth-order valence-corrected chi connectivity index (χ4v) is 2.46. The van der Waals surface area contributed by atoms with Gasteiger partial charge < -0.3 is 19.7 Å². The molecule has 7 nitrogen and oxygen atoms in total. The van der Waals surface area contributed by atoms with Crippen LogP contribution in [0.25, 0.3) is 11.5 Å². The Bertz CT molecular complexity index is 623. The van der Waals surface area contributed by atoms with Crippen LogP contribution in [0.2, 0.25) is 0 Å². The van der Waals surface area contributed by atoms with Crippen LogP contribution in [0, 0.1) is 0 Å². The van der Waals surface area contributed by atoms with E-state index in [-0.39, 0.29) is 0 Å². The van der Waals surface area contributed by atoms with Gasteiger partial charge in [0.25, 0.3) is 0 Å². The minimum atomic E-state index is -1.03. The van der Waals surface area contributed by atoms with Gasteiger partial charge in [-0.05, 0) is 25.5 Å². The predicted molar refractivity (Wildman–Crippen MR) is 77.7 cm³/mol. The third-order valence-corrected chi connectivity index (χ3v) is 4.02. The predicted octanol–water partition coefficient (Wildman–Crippen LogP) is 0.199. The molecule has 0 bridgehead atoms. The summed E-state index contributed by atoms with van der Waals surface area (Å²) in [6.45, 7) is 2.65. The molecule has 0 amide bonds. The number of aliphatic hydroxyl groups is 2. The van der Waals surface area contributed by atoms with Gasteiger partial charge in [-0.1, -0.05) is 0 Å². The molecule has 3 heterocycles. The molecule has 112 valence electrons. The number of rotatable bonds is 2. The molecule has 0 radical (unpaired) electrons. The minimum absolute atomic E-state index is 0.351. The second-order valence-electron chi connectivity index (χ2n) is 5.71. The lowest BCUT2D eigenvalue weighted by atomic mass is 9.91. The molecule has 1 aliphatic heterocycles. The Hall–Kier alpha value is -1.99. The molecular weight excluding hydrogens is 270 g/mol. The first-order valence-corrected chi connectivity index (χ1v) is 6.94. The van der Waals surface area contributed by atoms with Crippen LogP contribution >= 0.6 is 0 Å². The Balaban J connectivity index is 1.78. The average Bonchev–Trinajstić information content (AvgIpc) is 2.88. The molecule has 2 aromatic heterocycles. The molecule has 7 heteroatoms. The number of aromatic nitrogens is 4. The lowest BCUT2D eigenvalue weighted by molar-refractivity contribution is -0.0723. The van der Waals surface area contributed by atoms with Crippen molar-refractivity contribution >= 4 is 5.82 Å². The molecule has 0 saturated carbocycles. The third-order valence-electron chi connectivity index (χ3n) is 4.02. The van der Waals surface area contributed by atoms with Gasteiger partial charge in [0.1, 0.15) is 5.69 Å². The Morgan fingerprint density at radius 2 is 2.14 bits per heavy atom. The molecule has 0 unspecified atom stereocenters. The monoisotopic (exact) mass is 289 g/mol. The largest absolute Gasteiger partial charge is 0.388 e. The molecule has 1 fully saturated rings. The first-order valence-electron chi connectivity index (χ1n) is 6.94. The van der Waals surface area contributed by atoms with Gasteiger partial charge in [0.05, 0.1) is 11.7 Å². The van der Waals surface area contributed by atoms with E-state index in [1.165, 1.54) is 0 Å². The van der Waals surface area contributed by atoms with Crippen molar-refractivity contribution in [2.75, 3.05) is 18.0 Å². The van der Waals surface area contributed by atoms with E-state index in [0.717, 1.165) is 5.82 Å². The van der Waals surface area contributed by atoms with Gasteiger partial charge in [-0.25, -0.2) is 4.98 Å². The maximum Gasteiger partial charge on any atom is 0.160 e. The van der Waals surface area contributed by atoms with Crippen molar-refractivity contribution in [3.05, 3.63) is 24.5 Å². The highest BCUT2D eigenvalue weighted by Gasteiger charge is 2.36. The first-order chi connectivity index (χ1) is 9.97. The molecule has 1 saturated heterocycles. The van der Waals surface area contributed by atoms with E-state index in [2.05, 4.69) is 15.2 Å². The van der Waals surface area contributed by atoms with E-state index in [4.69, 9.17) is 0 Å². The zero-order valence-corrected chi connectivity index (χ0v) is 12.1. The number of hydrogen-bond donors (Lipinski definition) is 2. The fraction of sp³-hybridized carbons (Fsp3) is 0.500. The molecule has 2 aromatic rings. The highest BCUT2D eigenvalue weighted by atomic mass is 16.3. The summed E-state index contributed by atoms with van der Waals surface area (Å²) >= 11 is 0. The Morgan fingerprint density at radius 1 is 1.33 bits per heavy atom. The standard InChI is InChI=1S/C14H19N5O2/c1-14(21)5-7-19(9-11(14)20)12-4-3-10(16-17-12)13-15-6-8-18(13)2/h3-4,6,8,11,20-21H,5,7,9H2,1-2H3/t11-,14-/m0/s1. The molecule has 2 atom stereocenters. The molecule has 1 aliphatic rings. The van der Waals surface area contributed by atoms with Crippen LogP contribution in [-0.2, 0) is 7.05 Å². The molecule has 3 rings (SSSR count). The smallest absolute Gasteiger partial charge is 0.160 e. The van der Waals surface area contributed by atoms with E-state index in [0.29, 0.717) is 31.0 Å². The van der Waals surface area contributed by atoms with Crippen LogP contribution in [0.5, 0.6) is 0 Å². The van der Waals surface area contributed by atoms with Gasteiger partial charge >= 0.3 is 0 Å². The van der Waals surface area contributed by atoms with Crippen molar-refractivity contribution in [1.82, 2.24) is 19.7 Å². The number of nitrogens with zero attached hydrogens (tertiary/aromatic N) is 5. The van der Waals surface area contributed by atoms with Gasteiger partial charge in [0, 0.05) is 32.5 Å². The summed E-state index contributed by atoms with van der Waals surface area (Å²) in [5.74, 6) is 1.46. The van der Waals surface area contributed by atoms with Gasteiger partial charge in [-0.2, -0.15) is 0 Å². The summed E-state index contributed by atoms with van der Waals surface area (Å²) in [6, 6.07) is 3.73. The number of β-amino-alcohol motifs (C(OH)–C–C–N with tert-alkyl or cyclic N) is 1. The van der Waals surface area contributed by atoms with Crippen molar-refractivity contribution in [2.45, 2.75) is 25.0 Å². The number of aliphatic hydroxyl groups excluding tert-OH is 1. The quantitative estimate of drug-likeness (QED) is 0.821. The maximum absolute atomic E-state index is 9.98. The number of aryl methyl sites for hydroxylation is 1. The number of piperidine rings is 1. The van der Waals surface area contributed by atoms with Crippen molar-refractivity contribution < 1.29 is 10.2 Å². The molecule has 21 heavy (non-hydrogen) atoms. The number of anilines is 1. The normalized spacial score (nSPS) is 26.1. The van der Waals surface area contributed by atoms with Gasteiger partial charge in [-0.3, -0.25) is 0 Å². The summed E-state index contributed by atoms with van der Waals surface area (Å²) in [5.41, 5.74) is -0.326. The summed E-state index contributed by atoms with van der Waals surface area (Å²) in [4.78, 5) is 6.16. The molecular formula is C14H19N5O2. The van der Waals surface area contributed by atoms with Crippen LogP contribution in [0.4, 0.5) is 5.82 Å². The Labute approximate surface area is 122 Å². The van der Waals surface area contributed by atoms with Crippen LogP contribution < -0.4 is 4.90 Å². The van der Waals surface area contributed by atoms with Crippen molar-refractivity contribution in [2.24, 2.45) is 7.05 Å². The second kappa shape index (κ2) is 5.09. The van der Waals surface area contributed by atoms with Crippen molar-refractivity contribution in [1.29, 1.82) is 0 Å². The van der Waals surface area contributed by atoms with Crippen LogP contribution in [-0.4, -0.2) is 54.8 Å². The zero-order chi connectivity index (χ0) is 15.0. The second-order valence-corrected chi connectivity index (χ2v) is 5.71. The van der Waals surface area contributed by atoms with Gasteiger partial charge in [0.2, 0.25) is 0 Å². The molecule has 0 spiro atoms. The highest BCUT2D eigenvalue weighted by molar-refractivity contribution is 5.52. The topological polar surface area (TPSA) is 87.3 Å². The summed E-state index contributed by atoms with van der Waals surface area (Å²) < 4.78 is 1.88. The Morgan fingerprint density at radius 3 is 2.71 bits per heavy atom. The molecule has 0 aromatic carbocycles. The SMILES string of the molecule is Cn1ccnc1-c1ccc(N2CC[C@](C)(O)[C@@H](O)C2)nn1. The lowest BCUT2D eigenvalue weighted by Crippen LogP contribution is -2.54. The summed E-state index contributed by atoms with van der Waals surface area (Å²) in [6.07, 6.45) is 3.28. The van der Waals surface area contributed by atoms with Crippen LogP contribution in [0.15, 0.2) is 24.5 Å². The van der Waals surface area contributed by atoms with Crippen molar-refractivity contribution in [3.8, 4) is 11.5 Å². The van der Waals surface area contributed by atoms with Gasteiger partial charge in [0.15, 0.2) is 11.6 Å². The number of hydrogen-bond acceptors (Lipinski definition) is 6. The zero-order valence-electron chi connectivity index (χ0n) is 12.1. The molecule has 2 N–H and O–H groups in total. The van der Waals surface area contributed by atoms with Crippen molar-refractivity contribution in [3.63, 3.8) is 0 Å². The van der Waals surface area contributed by atoms with Crippen LogP contribution in [0.1, 0.15) is 13.3 Å².